The van der Waals surface area contributed by atoms with Gasteiger partial charge in [-0.25, -0.2) is 0 Å². The fourth-order valence-corrected chi connectivity index (χ4v) is 3.07. The molecule has 0 aliphatic rings. The number of hydrogen-bond acceptors (Lipinski definition) is 5. The van der Waals surface area contributed by atoms with Gasteiger partial charge < -0.3 is 14.4 Å². The van der Waals surface area contributed by atoms with Crippen molar-refractivity contribution in [1.29, 1.82) is 0 Å². The van der Waals surface area contributed by atoms with E-state index in [1.165, 1.54) is 14.2 Å². The number of carbonyl (C=O) groups excluding carboxylic acids is 2. The third kappa shape index (κ3) is 5.87. The Balaban J connectivity index is 0.000000245. The Morgan fingerprint density at radius 2 is 1.19 bits per heavy atom. The lowest BCUT2D eigenvalue weighted by Gasteiger charge is -2.29. The standard InChI is InChI=1S/C16H16O3.C10H13NO/c1-18-16(19-2,14-11-7-4-8-12-14)15(17)13-9-5-3-6-10-13;1-8(12)9-4-6-10(7-5-9)11(2)3/h3-12H,1-2H3;4-7H,1-3H3. The lowest BCUT2D eigenvalue weighted by Crippen LogP contribution is -2.39. The van der Waals surface area contributed by atoms with Gasteiger partial charge in [-0.15, -0.1) is 0 Å². The SMILES string of the molecule is CC(=O)c1ccc(N(C)C)cc1.COC(OC)(C(=O)c1ccccc1)c1ccccc1. The molecule has 5 nitrogen and oxygen atoms in total. The molecule has 0 aliphatic heterocycles. The fraction of sp³-hybridized carbons (Fsp3) is 0.231. The van der Waals surface area contributed by atoms with Gasteiger partial charge in [0.15, 0.2) is 5.78 Å². The van der Waals surface area contributed by atoms with Crippen molar-refractivity contribution in [3.63, 3.8) is 0 Å². The highest BCUT2D eigenvalue weighted by Crippen LogP contribution is 2.30. The first kappa shape index (κ1) is 24.0. The van der Waals surface area contributed by atoms with Gasteiger partial charge in [0.1, 0.15) is 0 Å². The highest BCUT2D eigenvalue weighted by Gasteiger charge is 2.41. The van der Waals surface area contributed by atoms with Crippen LogP contribution in [-0.2, 0) is 15.3 Å². The highest BCUT2D eigenvalue weighted by atomic mass is 16.7. The van der Waals surface area contributed by atoms with E-state index in [4.69, 9.17) is 9.47 Å². The Hall–Kier alpha value is -3.28. The van der Waals surface area contributed by atoms with Gasteiger partial charge in [-0.2, -0.15) is 0 Å². The summed E-state index contributed by atoms with van der Waals surface area (Å²) in [6, 6.07) is 25.8. The third-order valence-corrected chi connectivity index (χ3v) is 4.85. The first-order valence-corrected chi connectivity index (χ1v) is 9.89. The quantitative estimate of drug-likeness (QED) is 0.400. The van der Waals surface area contributed by atoms with Crippen LogP contribution >= 0.6 is 0 Å². The van der Waals surface area contributed by atoms with Crippen LogP contribution in [0.3, 0.4) is 0 Å². The number of nitrogens with zero attached hydrogens (tertiary/aromatic N) is 1. The summed E-state index contributed by atoms with van der Waals surface area (Å²) in [5, 5.41) is 0. The second-order valence-electron chi connectivity index (χ2n) is 7.08. The molecule has 3 aromatic carbocycles. The van der Waals surface area contributed by atoms with E-state index < -0.39 is 5.79 Å². The Morgan fingerprint density at radius 3 is 1.61 bits per heavy atom. The average molecular weight is 420 g/mol. The van der Waals surface area contributed by atoms with Crippen LogP contribution in [0.15, 0.2) is 84.9 Å². The molecule has 0 aliphatic carbocycles. The molecule has 0 radical (unpaired) electrons. The Kier molecular flexibility index (Phi) is 8.67. The minimum absolute atomic E-state index is 0.111. The Morgan fingerprint density at radius 1 is 0.710 bits per heavy atom. The van der Waals surface area contributed by atoms with E-state index in [0.29, 0.717) is 11.1 Å². The lowest BCUT2D eigenvalue weighted by molar-refractivity contribution is -0.176. The van der Waals surface area contributed by atoms with Crippen molar-refractivity contribution in [2.75, 3.05) is 33.2 Å². The van der Waals surface area contributed by atoms with E-state index >= 15 is 0 Å². The van der Waals surface area contributed by atoms with Crippen LogP contribution in [0.1, 0.15) is 33.2 Å². The molecule has 0 heterocycles. The van der Waals surface area contributed by atoms with Gasteiger partial charge >= 0.3 is 0 Å². The molecule has 162 valence electrons. The van der Waals surface area contributed by atoms with Gasteiger partial charge in [0.05, 0.1) is 0 Å². The zero-order valence-electron chi connectivity index (χ0n) is 18.7. The van der Waals surface area contributed by atoms with Crippen LogP contribution < -0.4 is 4.90 Å². The molecule has 0 saturated heterocycles. The molecule has 0 N–H and O–H groups in total. The molecule has 0 atom stereocenters. The molecule has 0 spiro atoms. The molecule has 0 fully saturated rings. The summed E-state index contributed by atoms with van der Waals surface area (Å²) in [5.74, 6) is -1.51. The smallest absolute Gasteiger partial charge is 0.260 e. The third-order valence-electron chi connectivity index (χ3n) is 4.85. The minimum atomic E-state index is -1.40. The minimum Gasteiger partial charge on any atom is -0.378 e. The van der Waals surface area contributed by atoms with Crippen LogP contribution in [0.25, 0.3) is 0 Å². The number of benzene rings is 3. The number of rotatable bonds is 7. The topological polar surface area (TPSA) is 55.8 Å². The molecular formula is C26H29NO4. The van der Waals surface area contributed by atoms with Crippen LogP contribution in [0.4, 0.5) is 5.69 Å². The number of ketones is 2. The monoisotopic (exact) mass is 419 g/mol. The molecule has 3 rings (SSSR count). The lowest BCUT2D eigenvalue weighted by atomic mass is 9.96. The van der Waals surface area contributed by atoms with Crippen molar-refractivity contribution < 1.29 is 19.1 Å². The van der Waals surface area contributed by atoms with Crippen molar-refractivity contribution in [3.05, 3.63) is 102 Å². The molecule has 0 bridgehead atoms. The van der Waals surface area contributed by atoms with Gasteiger partial charge in [-0.05, 0) is 31.2 Å². The largest absolute Gasteiger partial charge is 0.378 e. The van der Waals surface area contributed by atoms with Crippen LogP contribution in [-0.4, -0.2) is 39.9 Å². The van der Waals surface area contributed by atoms with Crippen LogP contribution in [0.5, 0.6) is 0 Å². The fourth-order valence-electron chi connectivity index (χ4n) is 3.07. The van der Waals surface area contributed by atoms with E-state index in [1.807, 2.05) is 91.8 Å². The normalized spacial score (nSPS) is 10.6. The number of carbonyl (C=O) groups is 2. The predicted octanol–water partition coefficient (Wildman–Crippen LogP) is 4.97. The Labute approximate surface area is 184 Å². The van der Waals surface area contributed by atoms with Crippen LogP contribution in [0.2, 0.25) is 0 Å². The van der Waals surface area contributed by atoms with Crippen LogP contribution in [0, 0.1) is 0 Å². The van der Waals surface area contributed by atoms with E-state index in [9.17, 15) is 9.59 Å². The van der Waals surface area contributed by atoms with Gasteiger partial charge in [0.2, 0.25) is 5.78 Å². The number of ether oxygens (including phenoxy) is 2. The van der Waals surface area contributed by atoms with E-state index in [1.54, 1.807) is 19.1 Å². The first-order valence-electron chi connectivity index (χ1n) is 9.89. The van der Waals surface area contributed by atoms with E-state index in [-0.39, 0.29) is 11.6 Å². The first-order chi connectivity index (χ1) is 14.9. The van der Waals surface area contributed by atoms with Gasteiger partial charge in [0.25, 0.3) is 5.79 Å². The number of hydrogen-bond donors (Lipinski definition) is 0. The Bertz CT molecular complexity index is 963. The summed E-state index contributed by atoms with van der Waals surface area (Å²) in [6.45, 7) is 1.57. The summed E-state index contributed by atoms with van der Waals surface area (Å²) in [7, 11) is 6.89. The van der Waals surface area contributed by atoms with E-state index in [0.717, 1.165) is 11.3 Å². The maximum Gasteiger partial charge on any atom is 0.260 e. The van der Waals surface area contributed by atoms with Crippen molar-refractivity contribution in [3.8, 4) is 0 Å². The maximum absolute atomic E-state index is 12.7. The summed E-state index contributed by atoms with van der Waals surface area (Å²) in [4.78, 5) is 25.6. The number of anilines is 1. The molecule has 5 heteroatoms. The predicted molar refractivity (Wildman–Crippen MR) is 124 cm³/mol. The van der Waals surface area contributed by atoms with E-state index in [2.05, 4.69) is 0 Å². The summed E-state index contributed by atoms with van der Waals surface area (Å²) in [5.41, 5.74) is 3.10. The highest BCUT2D eigenvalue weighted by molar-refractivity contribution is 6.02. The van der Waals surface area contributed by atoms with Crippen molar-refractivity contribution in [2.24, 2.45) is 0 Å². The zero-order chi connectivity index (χ0) is 22.9. The van der Waals surface area contributed by atoms with Gasteiger partial charge in [-0.3, -0.25) is 9.59 Å². The van der Waals surface area contributed by atoms with Crippen molar-refractivity contribution >= 4 is 17.3 Å². The second-order valence-corrected chi connectivity index (χ2v) is 7.08. The number of Topliss-reactive ketones (excluding diaryl/α,β-unsaturated/α-hetero) is 2. The molecule has 0 aromatic heterocycles. The maximum atomic E-state index is 12.7. The molecule has 0 saturated carbocycles. The summed E-state index contributed by atoms with van der Waals surface area (Å²) in [6.07, 6.45) is 0. The van der Waals surface area contributed by atoms with Gasteiger partial charge in [-0.1, -0.05) is 60.7 Å². The summed E-state index contributed by atoms with van der Waals surface area (Å²) < 4.78 is 10.8. The van der Waals surface area contributed by atoms with Crippen molar-refractivity contribution in [1.82, 2.24) is 0 Å². The summed E-state index contributed by atoms with van der Waals surface area (Å²) >= 11 is 0. The zero-order valence-corrected chi connectivity index (χ0v) is 18.7. The van der Waals surface area contributed by atoms with Gasteiger partial charge in [0, 0.05) is 50.7 Å². The molecule has 31 heavy (non-hydrogen) atoms. The molecular weight excluding hydrogens is 390 g/mol. The average Bonchev–Trinajstić information content (AvgIpc) is 2.82. The van der Waals surface area contributed by atoms with Crippen molar-refractivity contribution in [2.45, 2.75) is 12.7 Å². The molecule has 0 amide bonds. The molecule has 3 aromatic rings. The number of methoxy groups -OCH3 is 2. The molecule has 0 unspecified atom stereocenters. The second kappa shape index (κ2) is 11.2.